The van der Waals surface area contributed by atoms with Crippen LogP contribution in [0.15, 0.2) is 24.5 Å². The fourth-order valence-electron chi connectivity index (χ4n) is 2.83. The van der Waals surface area contributed by atoms with Crippen LogP contribution in [0.1, 0.15) is 45.1 Å². The van der Waals surface area contributed by atoms with Gasteiger partial charge in [-0.05, 0) is 30.5 Å². The van der Waals surface area contributed by atoms with Gasteiger partial charge in [-0.15, -0.1) is 0 Å². The fourth-order valence-corrected chi connectivity index (χ4v) is 2.83. The van der Waals surface area contributed by atoms with E-state index in [9.17, 15) is 4.79 Å². The first-order valence-corrected chi connectivity index (χ1v) is 7.44. The summed E-state index contributed by atoms with van der Waals surface area (Å²) in [4.78, 5) is 18.6. The lowest BCUT2D eigenvalue weighted by Crippen LogP contribution is -2.46. The second-order valence-corrected chi connectivity index (χ2v) is 5.50. The van der Waals surface area contributed by atoms with Crippen LogP contribution in [-0.2, 0) is 11.3 Å². The number of aromatic nitrogens is 1. The summed E-state index contributed by atoms with van der Waals surface area (Å²) >= 11 is 0. The smallest absolute Gasteiger partial charge is 0.230 e. The van der Waals surface area contributed by atoms with Crippen molar-refractivity contribution in [2.24, 2.45) is 11.1 Å². The van der Waals surface area contributed by atoms with E-state index in [4.69, 9.17) is 5.73 Å². The number of carbonyl (C=O) groups is 1. The maximum atomic E-state index is 12.8. The lowest BCUT2D eigenvalue weighted by atomic mass is 9.78. The molecule has 0 spiro atoms. The highest BCUT2D eigenvalue weighted by molar-refractivity contribution is 5.82. The number of hydrogen-bond acceptors (Lipinski definition) is 3. The summed E-state index contributed by atoms with van der Waals surface area (Å²) in [6, 6.07) is 3.88. The van der Waals surface area contributed by atoms with Crippen molar-refractivity contribution in [3.8, 4) is 0 Å². The zero-order valence-corrected chi connectivity index (χ0v) is 12.9. The van der Waals surface area contributed by atoms with Gasteiger partial charge in [0, 0.05) is 32.5 Å². The molecule has 1 rings (SSSR count). The van der Waals surface area contributed by atoms with E-state index in [0.717, 1.165) is 31.2 Å². The standard InChI is InChI=1S/C16H27N3O/c1-4-8-16(13-17,9-5-2)15(20)19(3)12-14-6-10-18-11-7-14/h6-7,10-11H,4-5,8-9,12-13,17H2,1-3H3. The molecule has 0 saturated carbocycles. The Bertz CT molecular complexity index is 399. The molecular weight excluding hydrogens is 250 g/mol. The van der Waals surface area contributed by atoms with E-state index in [2.05, 4.69) is 18.8 Å². The Hall–Kier alpha value is -1.42. The van der Waals surface area contributed by atoms with Crippen LogP contribution in [0, 0.1) is 5.41 Å². The molecule has 0 unspecified atom stereocenters. The molecule has 1 heterocycles. The van der Waals surface area contributed by atoms with Gasteiger partial charge in [-0.25, -0.2) is 0 Å². The van der Waals surface area contributed by atoms with Gasteiger partial charge in [0.1, 0.15) is 0 Å². The van der Waals surface area contributed by atoms with E-state index in [1.807, 2.05) is 19.2 Å². The van der Waals surface area contributed by atoms with Crippen molar-refractivity contribution in [1.82, 2.24) is 9.88 Å². The van der Waals surface area contributed by atoms with E-state index in [-0.39, 0.29) is 5.91 Å². The summed E-state index contributed by atoms with van der Waals surface area (Å²) in [7, 11) is 1.86. The van der Waals surface area contributed by atoms with E-state index >= 15 is 0 Å². The normalized spacial score (nSPS) is 11.4. The monoisotopic (exact) mass is 277 g/mol. The molecular formula is C16H27N3O. The lowest BCUT2D eigenvalue weighted by Gasteiger charge is -2.35. The molecule has 0 aromatic carbocycles. The second-order valence-electron chi connectivity index (χ2n) is 5.50. The summed E-state index contributed by atoms with van der Waals surface area (Å²) in [5.41, 5.74) is 6.65. The van der Waals surface area contributed by atoms with Gasteiger partial charge in [-0.2, -0.15) is 0 Å². The zero-order valence-electron chi connectivity index (χ0n) is 12.9. The minimum absolute atomic E-state index is 0.167. The zero-order chi connectivity index (χ0) is 15.0. The first-order valence-electron chi connectivity index (χ1n) is 7.44. The molecule has 4 heteroatoms. The van der Waals surface area contributed by atoms with Crippen molar-refractivity contribution in [2.75, 3.05) is 13.6 Å². The largest absolute Gasteiger partial charge is 0.341 e. The molecule has 0 aliphatic rings. The summed E-state index contributed by atoms with van der Waals surface area (Å²) in [6.45, 7) is 5.25. The van der Waals surface area contributed by atoms with Crippen LogP contribution in [0.4, 0.5) is 0 Å². The van der Waals surface area contributed by atoms with E-state index in [0.29, 0.717) is 13.1 Å². The number of hydrogen-bond donors (Lipinski definition) is 1. The first kappa shape index (κ1) is 16.6. The molecule has 0 aliphatic heterocycles. The molecule has 1 amide bonds. The highest BCUT2D eigenvalue weighted by Gasteiger charge is 2.37. The van der Waals surface area contributed by atoms with Crippen LogP contribution in [0.25, 0.3) is 0 Å². The summed E-state index contributed by atoms with van der Waals surface area (Å²) in [5.74, 6) is 0.167. The number of carbonyl (C=O) groups excluding carboxylic acids is 1. The molecule has 2 N–H and O–H groups in total. The Balaban J connectivity index is 2.82. The highest BCUT2D eigenvalue weighted by atomic mass is 16.2. The summed E-state index contributed by atoms with van der Waals surface area (Å²) in [6.07, 6.45) is 7.18. The van der Waals surface area contributed by atoms with Gasteiger partial charge in [0.15, 0.2) is 0 Å². The van der Waals surface area contributed by atoms with Gasteiger partial charge >= 0.3 is 0 Å². The molecule has 0 aliphatic carbocycles. The topological polar surface area (TPSA) is 59.2 Å². The van der Waals surface area contributed by atoms with Crippen molar-refractivity contribution in [1.29, 1.82) is 0 Å². The SMILES string of the molecule is CCCC(CN)(CCC)C(=O)N(C)Cc1ccncc1. The second kappa shape index (κ2) is 8.00. The number of nitrogens with two attached hydrogens (primary N) is 1. The van der Waals surface area contributed by atoms with Crippen LogP contribution in [-0.4, -0.2) is 29.4 Å². The van der Waals surface area contributed by atoms with Gasteiger partial charge in [0.25, 0.3) is 0 Å². The molecule has 1 aromatic rings. The lowest BCUT2D eigenvalue weighted by molar-refractivity contribution is -0.141. The summed E-state index contributed by atoms with van der Waals surface area (Å²) in [5, 5.41) is 0. The van der Waals surface area contributed by atoms with Crippen molar-refractivity contribution >= 4 is 5.91 Å². The van der Waals surface area contributed by atoms with Crippen LogP contribution >= 0.6 is 0 Å². The average molecular weight is 277 g/mol. The maximum Gasteiger partial charge on any atom is 0.230 e. The van der Waals surface area contributed by atoms with Crippen molar-refractivity contribution in [2.45, 2.75) is 46.1 Å². The van der Waals surface area contributed by atoms with Gasteiger partial charge in [0.05, 0.1) is 5.41 Å². The third-order valence-corrected chi connectivity index (χ3v) is 3.82. The molecule has 0 bridgehead atoms. The molecule has 0 fully saturated rings. The molecule has 0 atom stereocenters. The van der Waals surface area contributed by atoms with Crippen molar-refractivity contribution < 1.29 is 4.79 Å². The Labute approximate surface area is 122 Å². The van der Waals surface area contributed by atoms with E-state index < -0.39 is 5.41 Å². The van der Waals surface area contributed by atoms with Gasteiger partial charge in [-0.3, -0.25) is 9.78 Å². The number of amides is 1. The number of rotatable bonds is 8. The Morgan fingerprint density at radius 2 is 1.80 bits per heavy atom. The van der Waals surface area contributed by atoms with Crippen molar-refractivity contribution in [3.63, 3.8) is 0 Å². The number of nitrogens with zero attached hydrogens (tertiary/aromatic N) is 2. The first-order chi connectivity index (χ1) is 9.59. The predicted octanol–water partition coefficient (Wildman–Crippen LogP) is 2.59. The number of pyridine rings is 1. The predicted molar refractivity (Wildman–Crippen MR) is 82.0 cm³/mol. The molecule has 1 aromatic heterocycles. The molecule has 0 radical (unpaired) electrons. The van der Waals surface area contributed by atoms with Crippen LogP contribution in [0.3, 0.4) is 0 Å². The van der Waals surface area contributed by atoms with Crippen molar-refractivity contribution in [3.05, 3.63) is 30.1 Å². The molecule has 0 saturated heterocycles. The van der Waals surface area contributed by atoms with Gasteiger partial charge in [-0.1, -0.05) is 26.7 Å². The third-order valence-electron chi connectivity index (χ3n) is 3.82. The molecule has 4 nitrogen and oxygen atoms in total. The maximum absolute atomic E-state index is 12.8. The Kier molecular flexibility index (Phi) is 6.65. The quantitative estimate of drug-likeness (QED) is 0.794. The average Bonchev–Trinajstić information content (AvgIpc) is 2.47. The molecule has 20 heavy (non-hydrogen) atoms. The highest BCUT2D eigenvalue weighted by Crippen LogP contribution is 2.31. The molecule has 112 valence electrons. The van der Waals surface area contributed by atoms with Gasteiger partial charge < -0.3 is 10.6 Å². The minimum atomic E-state index is -0.398. The minimum Gasteiger partial charge on any atom is -0.341 e. The Morgan fingerprint density at radius 3 is 2.25 bits per heavy atom. The summed E-state index contributed by atoms with van der Waals surface area (Å²) < 4.78 is 0. The van der Waals surface area contributed by atoms with Crippen LogP contribution in [0.5, 0.6) is 0 Å². The fraction of sp³-hybridized carbons (Fsp3) is 0.625. The third kappa shape index (κ3) is 4.04. The van der Waals surface area contributed by atoms with Crippen LogP contribution < -0.4 is 5.73 Å². The Morgan fingerprint density at radius 1 is 1.25 bits per heavy atom. The van der Waals surface area contributed by atoms with E-state index in [1.165, 1.54) is 0 Å². The van der Waals surface area contributed by atoms with Crippen LogP contribution in [0.2, 0.25) is 0 Å². The van der Waals surface area contributed by atoms with Gasteiger partial charge in [0.2, 0.25) is 5.91 Å². The van der Waals surface area contributed by atoms with E-state index in [1.54, 1.807) is 17.3 Å².